The quantitative estimate of drug-likeness (QED) is 0.781. The molecule has 1 aromatic carbocycles. The van der Waals surface area contributed by atoms with Crippen molar-refractivity contribution in [2.45, 2.75) is 25.5 Å². The van der Waals surface area contributed by atoms with Crippen molar-refractivity contribution < 1.29 is 9.90 Å². The van der Waals surface area contributed by atoms with E-state index in [1.165, 1.54) is 5.56 Å². The third-order valence-electron chi connectivity index (χ3n) is 3.63. The molecule has 0 saturated carbocycles. The lowest BCUT2D eigenvalue weighted by Crippen LogP contribution is -2.42. The monoisotopic (exact) mass is 332 g/mol. The molecule has 0 aliphatic rings. The number of amides is 1. The van der Waals surface area contributed by atoms with Crippen molar-refractivity contribution >= 4 is 17.7 Å². The van der Waals surface area contributed by atoms with E-state index in [-0.39, 0.29) is 12.5 Å². The van der Waals surface area contributed by atoms with Crippen molar-refractivity contribution in [3.8, 4) is 0 Å². The topological polar surface area (TPSA) is 54.3 Å². The lowest BCUT2D eigenvalue weighted by Gasteiger charge is -2.22. The Morgan fingerprint density at radius 2 is 2.00 bits per heavy atom. The zero-order chi connectivity index (χ0) is 16.7. The molecular weight excluding hydrogens is 308 g/mol. The van der Waals surface area contributed by atoms with Gasteiger partial charge in [-0.15, -0.1) is 0 Å². The Morgan fingerprint density at radius 3 is 2.70 bits per heavy atom. The zero-order valence-corrected chi connectivity index (χ0v) is 14.5. The number of aryl methyl sites for hydroxylation is 2. The lowest BCUT2D eigenvalue weighted by atomic mass is 10.1. The maximum Gasteiger partial charge on any atom is 0.268 e. The van der Waals surface area contributed by atoms with Crippen LogP contribution in [0, 0.1) is 0 Å². The summed E-state index contributed by atoms with van der Waals surface area (Å²) in [6, 6.07) is 13.9. The summed E-state index contributed by atoms with van der Waals surface area (Å²) in [5.41, 5.74) is 0.979. The van der Waals surface area contributed by atoms with Gasteiger partial charge < -0.3 is 15.0 Å². The van der Waals surface area contributed by atoms with Crippen molar-refractivity contribution in [3.05, 3.63) is 59.9 Å². The lowest BCUT2D eigenvalue weighted by molar-refractivity contribution is 0.0720. The maximum absolute atomic E-state index is 12.3. The summed E-state index contributed by atoms with van der Waals surface area (Å²) in [6.45, 7) is 2.73. The molecule has 0 aliphatic carbocycles. The summed E-state index contributed by atoms with van der Waals surface area (Å²) in [4.78, 5) is 12.3. The molecule has 2 rings (SSSR count). The van der Waals surface area contributed by atoms with E-state index in [1.54, 1.807) is 18.7 Å². The van der Waals surface area contributed by atoms with Gasteiger partial charge in [-0.1, -0.05) is 30.3 Å². The molecule has 0 spiro atoms. The Kier molecular flexibility index (Phi) is 6.30. The second-order valence-corrected chi connectivity index (χ2v) is 6.80. The SMILES string of the molecule is CSCC(C)(O)CNC(=O)c1cccn1CCc1ccccc1. The third kappa shape index (κ3) is 5.44. The van der Waals surface area contributed by atoms with Crippen LogP contribution in [0.2, 0.25) is 0 Å². The highest BCUT2D eigenvalue weighted by Crippen LogP contribution is 2.10. The van der Waals surface area contributed by atoms with E-state index in [9.17, 15) is 9.90 Å². The first-order valence-corrected chi connectivity index (χ1v) is 9.10. The molecule has 0 aliphatic heterocycles. The minimum Gasteiger partial charge on any atom is -0.387 e. The van der Waals surface area contributed by atoms with Gasteiger partial charge in [0.1, 0.15) is 5.69 Å². The van der Waals surface area contributed by atoms with Crippen molar-refractivity contribution in [1.82, 2.24) is 9.88 Å². The minimum atomic E-state index is -0.892. The number of benzene rings is 1. The van der Waals surface area contributed by atoms with Crippen LogP contribution in [0.1, 0.15) is 23.0 Å². The fourth-order valence-corrected chi connectivity index (χ4v) is 3.16. The third-order valence-corrected chi connectivity index (χ3v) is 4.54. The first-order chi connectivity index (χ1) is 11.0. The predicted octanol–water partition coefficient (Wildman–Crippen LogP) is 2.57. The van der Waals surface area contributed by atoms with Gasteiger partial charge in [-0.2, -0.15) is 11.8 Å². The van der Waals surface area contributed by atoms with Gasteiger partial charge in [-0.3, -0.25) is 4.79 Å². The normalized spacial score (nSPS) is 13.5. The number of carbonyl (C=O) groups is 1. The fraction of sp³-hybridized carbons (Fsp3) is 0.389. The number of thioether (sulfide) groups is 1. The van der Waals surface area contributed by atoms with E-state index >= 15 is 0 Å². The van der Waals surface area contributed by atoms with Crippen LogP contribution in [0.5, 0.6) is 0 Å². The largest absolute Gasteiger partial charge is 0.387 e. The summed E-state index contributed by atoms with van der Waals surface area (Å²) in [7, 11) is 0. The highest BCUT2D eigenvalue weighted by molar-refractivity contribution is 7.98. The number of aliphatic hydroxyl groups is 1. The maximum atomic E-state index is 12.3. The number of aromatic nitrogens is 1. The first-order valence-electron chi connectivity index (χ1n) is 7.70. The first kappa shape index (κ1) is 17.6. The van der Waals surface area contributed by atoms with Gasteiger partial charge in [0.25, 0.3) is 5.91 Å². The highest BCUT2D eigenvalue weighted by atomic mass is 32.2. The molecule has 2 N–H and O–H groups in total. The van der Waals surface area contributed by atoms with Crippen molar-refractivity contribution in [3.63, 3.8) is 0 Å². The molecule has 1 aromatic heterocycles. The molecule has 2 aromatic rings. The van der Waals surface area contributed by atoms with Gasteiger partial charge in [-0.05, 0) is 37.3 Å². The Hall–Kier alpha value is -1.72. The Bertz CT molecular complexity index is 623. The van der Waals surface area contributed by atoms with Gasteiger partial charge >= 0.3 is 0 Å². The Balaban J connectivity index is 1.93. The number of nitrogens with zero attached hydrogens (tertiary/aromatic N) is 1. The summed E-state index contributed by atoms with van der Waals surface area (Å²) < 4.78 is 1.95. The number of hydrogen-bond acceptors (Lipinski definition) is 3. The average molecular weight is 332 g/mol. The molecule has 1 unspecified atom stereocenters. The molecule has 1 amide bonds. The van der Waals surface area contributed by atoms with Crippen LogP contribution in [-0.2, 0) is 13.0 Å². The van der Waals surface area contributed by atoms with Gasteiger partial charge in [-0.25, -0.2) is 0 Å². The van der Waals surface area contributed by atoms with E-state index in [4.69, 9.17) is 0 Å². The number of hydrogen-bond donors (Lipinski definition) is 2. The molecular formula is C18H24N2O2S. The van der Waals surface area contributed by atoms with Crippen LogP contribution in [0.3, 0.4) is 0 Å². The van der Waals surface area contributed by atoms with Crippen molar-refractivity contribution in [1.29, 1.82) is 0 Å². The van der Waals surface area contributed by atoms with E-state index in [1.807, 2.05) is 47.4 Å². The van der Waals surface area contributed by atoms with Gasteiger partial charge in [0.2, 0.25) is 0 Å². The van der Waals surface area contributed by atoms with E-state index in [2.05, 4.69) is 17.4 Å². The second kappa shape index (κ2) is 8.22. The molecule has 0 radical (unpaired) electrons. The van der Waals surface area contributed by atoms with Crippen molar-refractivity contribution in [2.75, 3.05) is 18.6 Å². The molecule has 4 nitrogen and oxygen atoms in total. The second-order valence-electron chi connectivity index (χ2n) is 5.94. The van der Waals surface area contributed by atoms with Crippen LogP contribution in [0.4, 0.5) is 0 Å². The molecule has 1 heterocycles. The van der Waals surface area contributed by atoms with Crippen LogP contribution in [0.25, 0.3) is 0 Å². The predicted molar refractivity (Wildman–Crippen MR) is 95.9 cm³/mol. The Labute approximate surface area is 141 Å². The van der Waals surface area contributed by atoms with Crippen LogP contribution in [0.15, 0.2) is 48.7 Å². The number of nitrogens with one attached hydrogen (secondary N) is 1. The van der Waals surface area contributed by atoms with E-state index < -0.39 is 5.60 Å². The zero-order valence-electron chi connectivity index (χ0n) is 13.7. The Morgan fingerprint density at radius 1 is 1.26 bits per heavy atom. The standard InChI is InChI=1S/C18H24N2O2S/c1-18(22,14-23-2)13-19-17(21)16-9-6-11-20(16)12-10-15-7-4-3-5-8-15/h3-9,11,22H,10,12-14H2,1-2H3,(H,19,21). The van der Waals surface area contributed by atoms with Gasteiger partial charge in [0, 0.05) is 25.0 Å². The summed E-state index contributed by atoms with van der Waals surface area (Å²) >= 11 is 1.56. The number of rotatable bonds is 8. The smallest absolute Gasteiger partial charge is 0.268 e. The molecule has 0 saturated heterocycles. The molecule has 0 bridgehead atoms. The van der Waals surface area contributed by atoms with E-state index in [0.29, 0.717) is 11.4 Å². The molecule has 0 fully saturated rings. The van der Waals surface area contributed by atoms with Gasteiger partial charge in [0.05, 0.1) is 5.60 Å². The number of carbonyl (C=O) groups excluding carboxylic acids is 1. The molecule has 1 atom stereocenters. The van der Waals surface area contributed by atoms with Crippen molar-refractivity contribution in [2.24, 2.45) is 0 Å². The van der Waals surface area contributed by atoms with E-state index in [0.717, 1.165) is 13.0 Å². The van der Waals surface area contributed by atoms with Crippen LogP contribution in [-0.4, -0.2) is 39.7 Å². The molecule has 5 heteroatoms. The fourth-order valence-electron chi connectivity index (χ4n) is 2.43. The van der Waals surface area contributed by atoms with Crippen LogP contribution < -0.4 is 5.32 Å². The van der Waals surface area contributed by atoms with Crippen LogP contribution >= 0.6 is 11.8 Å². The average Bonchev–Trinajstić information content (AvgIpc) is 3.00. The highest BCUT2D eigenvalue weighted by Gasteiger charge is 2.21. The summed E-state index contributed by atoms with van der Waals surface area (Å²) in [6.07, 6.45) is 4.73. The summed E-state index contributed by atoms with van der Waals surface area (Å²) in [5.74, 6) is 0.437. The molecule has 23 heavy (non-hydrogen) atoms. The van der Waals surface area contributed by atoms with Gasteiger partial charge in [0.15, 0.2) is 0 Å². The summed E-state index contributed by atoms with van der Waals surface area (Å²) in [5, 5.41) is 13.0. The minimum absolute atomic E-state index is 0.149. The molecule has 124 valence electrons.